The predicted molar refractivity (Wildman–Crippen MR) is 252 cm³/mol. The number of ether oxygens (including phenoxy) is 2. The van der Waals surface area contributed by atoms with Crippen molar-refractivity contribution in [1.82, 2.24) is 19.6 Å². The van der Waals surface area contributed by atoms with E-state index in [2.05, 4.69) is 74.8 Å². The maximum Gasteiger partial charge on any atom is 0.293 e. The van der Waals surface area contributed by atoms with Gasteiger partial charge in [-0.25, -0.2) is 18.1 Å². The van der Waals surface area contributed by atoms with E-state index in [0.29, 0.717) is 41.4 Å². The molecule has 5 aromatic rings. The molecular formula is C50H61N7O7S. The van der Waals surface area contributed by atoms with E-state index in [1.54, 1.807) is 37.7 Å². The summed E-state index contributed by atoms with van der Waals surface area (Å²) in [6.45, 7) is 10.0. The molecule has 0 bridgehead atoms. The molecule has 4 aliphatic rings. The Kier molecular flexibility index (Phi) is 12.4. The highest BCUT2D eigenvalue weighted by Gasteiger charge is 2.50. The van der Waals surface area contributed by atoms with E-state index in [4.69, 9.17) is 9.47 Å². The third-order valence-electron chi connectivity index (χ3n) is 15.0. The summed E-state index contributed by atoms with van der Waals surface area (Å²) in [7, 11) is -2.83. The van der Waals surface area contributed by atoms with Gasteiger partial charge in [0, 0.05) is 68.2 Å². The van der Waals surface area contributed by atoms with Gasteiger partial charge in [0.05, 0.1) is 27.2 Å². The first-order chi connectivity index (χ1) is 31.2. The molecule has 2 aliphatic carbocycles. The number of hydrogen-bond donors (Lipinski definition) is 3. The number of hydrogen-bond acceptors (Lipinski definition) is 11. The van der Waals surface area contributed by atoms with Crippen molar-refractivity contribution in [3.8, 4) is 11.5 Å². The normalized spacial score (nSPS) is 22.6. The quantitative estimate of drug-likeness (QED) is 0.0715. The topological polar surface area (TPSA) is 172 Å². The van der Waals surface area contributed by atoms with Gasteiger partial charge in [0.1, 0.15) is 22.8 Å². The van der Waals surface area contributed by atoms with Gasteiger partial charge in [0.2, 0.25) is 0 Å². The van der Waals surface area contributed by atoms with Crippen molar-refractivity contribution in [2.45, 2.75) is 113 Å². The highest BCUT2D eigenvalue weighted by Crippen LogP contribution is 2.54. The molecule has 3 N–H and O–H groups in total. The minimum Gasteiger partial charge on any atom is -0.455 e. The number of rotatable bonds is 14. The number of nitro benzene ring substituents is 1. The number of pyridine rings is 1. The molecule has 4 fully saturated rings. The minimum absolute atomic E-state index is 0.00847. The van der Waals surface area contributed by atoms with Crippen LogP contribution in [0.1, 0.15) is 118 Å². The number of sulfonamides is 1. The summed E-state index contributed by atoms with van der Waals surface area (Å²) in [5.41, 5.74) is 4.46. The summed E-state index contributed by atoms with van der Waals surface area (Å²) in [6, 6.07) is 22.6. The first-order valence-electron chi connectivity index (χ1n) is 23.2. The van der Waals surface area contributed by atoms with E-state index in [-0.39, 0.29) is 28.5 Å². The largest absolute Gasteiger partial charge is 0.455 e. The molecule has 344 valence electrons. The number of carbonyl (C=O) groups is 1. The van der Waals surface area contributed by atoms with Gasteiger partial charge < -0.3 is 24.7 Å². The Balaban J connectivity index is 0.891. The van der Waals surface area contributed by atoms with Gasteiger partial charge in [-0.2, -0.15) is 0 Å². The van der Waals surface area contributed by atoms with Gasteiger partial charge in [-0.05, 0) is 142 Å². The van der Waals surface area contributed by atoms with Crippen LogP contribution in [-0.4, -0.2) is 79.0 Å². The number of carbonyl (C=O) groups excluding carboxylic acids is 1. The summed E-state index contributed by atoms with van der Waals surface area (Å²) in [4.78, 5) is 37.8. The van der Waals surface area contributed by atoms with Crippen molar-refractivity contribution in [2.75, 3.05) is 43.5 Å². The Morgan fingerprint density at radius 1 is 0.985 bits per heavy atom. The average molecular weight is 904 g/mol. The zero-order valence-corrected chi connectivity index (χ0v) is 38.7. The molecule has 9 rings (SSSR count). The smallest absolute Gasteiger partial charge is 0.293 e. The van der Waals surface area contributed by atoms with Gasteiger partial charge in [-0.3, -0.25) is 19.8 Å². The molecule has 2 saturated carbocycles. The van der Waals surface area contributed by atoms with Crippen LogP contribution >= 0.6 is 0 Å². The molecule has 15 heteroatoms. The van der Waals surface area contributed by atoms with Gasteiger partial charge >= 0.3 is 0 Å². The van der Waals surface area contributed by atoms with Crippen LogP contribution in [0.3, 0.4) is 0 Å². The number of H-pyrrole nitrogens is 1. The molecule has 3 aromatic carbocycles. The Morgan fingerprint density at radius 3 is 2.49 bits per heavy atom. The number of methoxy groups -OCH3 is 1. The zero-order valence-electron chi connectivity index (χ0n) is 37.8. The molecule has 0 unspecified atom stereocenters. The molecule has 1 atom stereocenters. The van der Waals surface area contributed by atoms with Crippen LogP contribution in [0.25, 0.3) is 11.0 Å². The number of nitro groups is 1. The van der Waals surface area contributed by atoms with Crippen molar-refractivity contribution in [3.63, 3.8) is 0 Å². The summed E-state index contributed by atoms with van der Waals surface area (Å²) in [5.74, 6) is 0.396. The molecule has 2 saturated heterocycles. The van der Waals surface area contributed by atoms with E-state index in [0.717, 1.165) is 75.3 Å². The van der Waals surface area contributed by atoms with E-state index >= 15 is 0 Å². The number of aromatic nitrogens is 2. The van der Waals surface area contributed by atoms with Crippen LogP contribution in [0.5, 0.6) is 11.5 Å². The second-order valence-corrected chi connectivity index (χ2v) is 21.1. The molecule has 65 heavy (non-hydrogen) atoms. The third kappa shape index (κ3) is 9.32. The molecule has 14 nitrogen and oxygen atoms in total. The first kappa shape index (κ1) is 44.7. The van der Waals surface area contributed by atoms with E-state index in [1.807, 2.05) is 12.1 Å². The molecule has 4 heterocycles. The van der Waals surface area contributed by atoms with Gasteiger partial charge in [0.25, 0.3) is 21.6 Å². The van der Waals surface area contributed by atoms with E-state index in [1.165, 1.54) is 48.9 Å². The van der Waals surface area contributed by atoms with Crippen LogP contribution in [-0.2, 0) is 14.8 Å². The first-order valence-corrected chi connectivity index (χ1v) is 24.7. The van der Waals surface area contributed by atoms with Crippen molar-refractivity contribution < 1.29 is 27.6 Å². The molecule has 2 aliphatic heterocycles. The number of amides is 1. The second kappa shape index (κ2) is 18.0. The number of aromatic amines is 1. The van der Waals surface area contributed by atoms with E-state index < -0.39 is 31.4 Å². The maximum atomic E-state index is 14.0. The van der Waals surface area contributed by atoms with Crippen LogP contribution < -0.4 is 19.7 Å². The predicted octanol–water partition coefficient (Wildman–Crippen LogP) is 10.1. The summed E-state index contributed by atoms with van der Waals surface area (Å²) >= 11 is 0. The fourth-order valence-corrected chi connectivity index (χ4v) is 12.0. The lowest BCUT2D eigenvalue weighted by molar-refractivity contribution is -0.384. The Hall–Kier alpha value is -5.51. The van der Waals surface area contributed by atoms with Crippen LogP contribution in [0.15, 0.2) is 90.1 Å². The molecular weight excluding hydrogens is 843 g/mol. The van der Waals surface area contributed by atoms with Crippen molar-refractivity contribution in [2.24, 2.45) is 11.3 Å². The number of piperidine rings is 1. The highest BCUT2D eigenvalue weighted by atomic mass is 32.2. The number of likely N-dealkylation sites (tertiary alicyclic amines) is 1. The Labute approximate surface area is 381 Å². The highest BCUT2D eigenvalue weighted by molar-refractivity contribution is 7.90. The van der Waals surface area contributed by atoms with Gasteiger partial charge in [0.15, 0.2) is 0 Å². The average Bonchev–Trinajstić information content (AvgIpc) is 3.98. The molecule has 1 amide bonds. The number of benzene rings is 3. The van der Waals surface area contributed by atoms with Crippen molar-refractivity contribution in [3.05, 3.63) is 112 Å². The standard InChI is InChI=1S/C50H61N7O7S/c1-33(2)40-8-5-6-9-41(40)44-10-7-23-56(44)37-29-50(30-37)20-24-55(25-21-50)36-11-13-42(46(27-36)64-38-26-35-17-22-51-47(35)53-32-38)48(58)54-65(61,62)39-12-14-43(45(28-39)57(59)60)52-31-34-15-18-49(3,63-4)19-16-34/h5-6,8-9,11-14,17,22,26-28,32-34,37,44,52H,7,10,15-16,18-21,23-25,29-31H2,1-4H3,(H,51,53)(H,54,58)/t34?,44-,49?/m0/s1. The second-order valence-electron chi connectivity index (χ2n) is 19.4. The fourth-order valence-electron chi connectivity index (χ4n) is 11.0. The third-order valence-corrected chi connectivity index (χ3v) is 16.3. The number of nitrogens with zero attached hydrogens (tertiary/aromatic N) is 4. The maximum absolute atomic E-state index is 14.0. The fraction of sp³-hybridized carbons (Fsp3) is 0.480. The number of fused-ring (bicyclic) bond motifs is 1. The lowest BCUT2D eigenvalue weighted by Crippen LogP contribution is -2.54. The molecule has 2 aromatic heterocycles. The number of nitrogens with one attached hydrogen (secondary N) is 3. The molecule has 0 radical (unpaired) electrons. The lowest BCUT2D eigenvalue weighted by Gasteiger charge is -2.56. The summed E-state index contributed by atoms with van der Waals surface area (Å²) < 4.78 is 41.7. The van der Waals surface area contributed by atoms with Crippen LogP contribution in [0, 0.1) is 21.4 Å². The van der Waals surface area contributed by atoms with Gasteiger partial charge in [-0.1, -0.05) is 38.1 Å². The Bertz CT molecular complexity index is 2660. The van der Waals surface area contributed by atoms with E-state index in [9.17, 15) is 23.3 Å². The summed E-state index contributed by atoms with van der Waals surface area (Å²) in [6.07, 6.45) is 13.9. The van der Waals surface area contributed by atoms with Crippen LogP contribution in [0.2, 0.25) is 0 Å². The number of anilines is 2. The molecule has 1 spiro atoms. The summed E-state index contributed by atoms with van der Waals surface area (Å²) in [5, 5.41) is 16.2. The monoisotopic (exact) mass is 903 g/mol. The lowest BCUT2D eigenvalue weighted by atomic mass is 9.59. The Morgan fingerprint density at radius 2 is 1.75 bits per heavy atom. The SMILES string of the molecule is COC1(C)CCC(CNc2ccc(S(=O)(=O)NC(=O)c3ccc(N4CCC5(CC4)CC(N4CCC[C@H]4c4ccccc4C(C)C)C5)cc3Oc3cnc4[nH]ccc4c3)cc2[N+](=O)[O-])CC1. The van der Waals surface area contributed by atoms with Gasteiger partial charge in [-0.15, -0.1) is 0 Å². The zero-order chi connectivity index (χ0) is 45.5. The van der Waals surface area contributed by atoms with Crippen molar-refractivity contribution >= 4 is 44.0 Å². The van der Waals surface area contributed by atoms with Crippen molar-refractivity contribution in [1.29, 1.82) is 0 Å². The van der Waals surface area contributed by atoms with Crippen LogP contribution in [0.4, 0.5) is 17.1 Å². The minimum atomic E-state index is -4.55.